The number of aromatic amines is 1. The minimum Gasteiger partial charge on any atom is -0.467 e. The van der Waals surface area contributed by atoms with E-state index in [1.54, 1.807) is 0 Å². The monoisotopic (exact) mass is 408 g/mol. The van der Waals surface area contributed by atoms with Gasteiger partial charge in [-0.25, -0.2) is 14.8 Å². The largest absolute Gasteiger partial charge is 0.467 e. The number of amides is 1. The molecular weight excluding hydrogens is 397 g/mol. The van der Waals surface area contributed by atoms with E-state index >= 15 is 0 Å². The summed E-state index contributed by atoms with van der Waals surface area (Å²) in [6, 6.07) is 4.36. The maximum Gasteiger partial charge on any atom is 0.425 e. The van der Waals surface area contributed by atoms with Gasteiger partial charge in [0, 0.05) is 12.4 Å². The molecule has 0 radical (unpaired) electrons. The Labute approximate surface area is 158 Å². The first-order valence-corrected chi connectivity index (χ1v) is 8.07. The van der Waals surface area contributed by atoms with E-state index in [0.29, 0.717) is 0 Å². The molecule has 150 valence electrons. The fourth-order valence-electron chi connectivity index (χ4n) is 3.07. The van der Waals surface area contributed by atoms with Crippen LogP contribution in [-0.4, -0.2) is 31.6 Å². The summed E-state index contributed by atoms with van der Waals surface area (Å²) in [7, 11) is 0. The maximum absolute atomic E-state index is 14.2. The number of carbonyl (C=O) groups is 1. The number of anilines is 2. The first-order valence-electron chi connectivity index (χ1n) is 8.07. The molecule has 29 heavy (non-hydrogen) atoms. The summed E-state index contributed by atoms with van der Waals surface area (Å²) in [5.41, 5.74) is -6.91. The second-order valence-electron chi connectivity index (χ2n) is 6.05. The van der Waals surface area contributed by atoms with E-state index in [9.17, 15) is 27.6 Å². The highest BCUT2D eigenvalue weighted by molar-refractivity contribution is 6.07. The number of H-pyrrole nitrogens is 1. The molecule has 1 atom stereocenters. The molecule has 1 amide bonds. The van der Waals surface area contributed by atoms with Gasteiger partial charge >= 0.3 is 11.9 Å². The number of rotatable bonds is 4. The van der Waals surface area contributed by atoms with Gasteiger partial charge in [-0.05, 0) is 18.2 Å². The number of aromatic nitrogens is 4. The smallest absolute Gasteiger partial charge is 0.425 e. The van der Waals surface area contributed by atoms with E-state index in [4.69, 9.17) is 4.42 Å². The average Bonchev–Trinajstić information content (AvgIpc) is 3.26. The zero-order valence-electron chi connectivity index (χ0n) is 14.3. The van der Waals surface area contributed by atoms with Crippen molar-refractivity contribution in [2.45, 2.75) is 18.3 Å². The van der Waals surface area contributed by atoms with Gasteiger partial charge in [-0.2, -0.15) is 13.2 Å². The number of alkyl halides is 3. The topological polar surface area (TPSA) is 135 Å². The van der Waals surface area contributed by atoms with E-state index in [2.05, 4.69) is 9.97 Å². The molecule has 0 fully saturated rings. The summed E-state index contributed by atoms with van der Waals surface area (Å²) >= 11 is 0. The number of hydrogen-bond donors (Lipinski definition) is 3. The van der Waals surface area contributed by atoms with Crippen LogP contribution in [0.25, 0.3) is 0 Å². The van der Waals surface area contributed by atoms with Gasteiger partial charge in [-0.1, -0.05) is 0 Å². The van der Waals surface area contributed by atoms with Crippen molar-refractivity contribution in [2.24, 2.45) is 0 Å². The number of carbonyl (C=O) groups excluding carboxylic acids is 1. The summed E-state index contributed by atoms with van der Waals surface area (Å²) in [6.07, 6.45) is -1.65. The molecule has 0 aliphatic carbocycles. The van der Waals surface area contributed by atoms with Crippen LogP contribution in [0, 0.1) is 0 Å². The number of nitrogens with one attached hydrogen (secondary N) is 3. The fourth-order valence-corrected chi connectivity index (χ4v) is 3.07. The molecule has 4 heterocycles. The first-order chi connectivity index (χ1) is 13.7. The Hall–Kier alpha value is -3.90. The SMILES string of the molecule is O=C1Nc2c(c(=O)[nH]c(=O)n2Cc2ccco2)C1(Nc1ncccn1)C(F)(F)F. The van der Waals surface area contributed by atoms with Crippen LogP contribution >= 0.6 is 0 Å². The second kappa shape index (κ2) is 6.32. The molecule has 0 bridgehead atoms. The predicted octanol–water partition coefficient (Wildman–Crippen LogP) is 0.790. The molecule has 3 aromatic heterocycles. The Bertz CT molecular complexity index is 1190. The van der Waals surface area contributed by atoms with E-state index in [0.717, 1.165) is 17.0 Å². The van der Waals surface area contributed by atoms with Gasteiger partial charge in [0.15, 0.2) is 0 Å². The third-order valence-corrected chi connectivity index (χ3v) is 4.33. The molecule has 3 aromatic rings. The van der Waals surface area contributed by atoms with E-state index in [1.165, 1.54) is 24.5 Å². The van der Waals surface area contributed by atoms with E-state index in [1.807, 2.05) is 15.6 Å². The molecule has 1 unspecified atom stereocenters. The summed E-state index contributed by atoms with van der Waals surface area (Å²) in [5, 5.41) is 3.93. The molecule has 0 aromatic carbocycles. The molecule has 4 rings (SSSR count). The average molecular weight is 408 g/mol. The molecule has 13 heteroatoms. The minimum absolute atomic E-state index is 0.222. The van der Waals surface area contributed by atoms with Gasteiger partial charge in [0.05, 0.1) is 12.8 Å². The maximum atomic E-state index is 14.2. The van der Waals surface area contributed by atoms with Crippen molar-refractivity contribution in [3.8, 4) is 0 Å². The van der Waals surface area contributed by atoms with Crippen molar-refractivity contribution in [3.05, 3.63) is 69.0 Å². The molecule has 10 nitrogen and oxygen atoms in total. The van der Waals surface area contributed by atoms with Gasteiger partial charge < -0.3 is 15.1 Å². The minimum atomic E-state index is -5.28. The summed E-state index contributed by atoms with van der Waals surface area (Å²) in [4.78, 5) is 46.3. The van der Waals surface area contributed by atoms with Gasteiger partial charge in [0.1, 0.15) is 17.1 Å². The van der Waals surface area contributed by atoms with Crippen molar-refractivity contribution >= 4 is 17.7 Å². The highest BCUT2D eigenvalue weighted by Crippen LogP contribution is 2.46. The van der Waals surface area contributed by atoms with Crippen LogP contribution < -0.4 is 21.9 Å². The Balaban J connectivity index is 1.96. The third-order valence-electron chi connectivity index (χ3n) is 4.33. The number of hydrogen-bond acceptors (Lipinski definition) is 7. The normalized spacial score (nSPS) is 18.4. The van der Waals surface area contributed by atoms with Gasteiger partial charge in [-0.3, -0.25) is 19.1 Å². The van der Waals surface area contributed by atoms with Gasteiger partial charge in [0.25, 0.3) is 17.0 Å². The quantitative estimate of drug-likeness (QED) is 0.581. The van der Waals surface area contributed by atoms with Crippen LogP contribution in [0.5, 0.6) is 0 Å². The standard InChI is InChI=1S/C16H11F3N6O4/c17-16(18,19)15(24-13-20-4-2-5-21-13)9-10(22-12(15)27)25(14(28)23-11(9)26)7-8-3-1-6-29-8/h1-6H,7H2,(H,22,27)(H,20,21,24)(H,23,26,28). The molecule has 0 saturated heterocycles. The number of nitrogens with zero attached hydrogens (tertiary/aromatic N) is 3. The van der Waals surface area contributed by atoms with Crippen molar-refractivity contribution in [1.29, 1.82) is 0 Å². The summed E-state index contributed by atoms with van der Waals surface area (Å²) in [6.45, 7) is -0.318. The van der Waals surface area contributed by atoms with Crippen molar-refractivity contribution in [3.63, 3.8) is 0 Å². The molecule has 0 spiro atoms. The highest BCUT2D eigenvalue weighted by atomic mass is 19.4. The fraction of sp³-hybridized carbons (Fsp3) is 0.188. The Morgan fingerprint density at radius 2 is 1.90 bits per heavy atom. The zero-order chi connectivity index (χ0) is 20.8. The van der Waals surface area contributed by atoms with Crippen molar-refractivity contribution in [2.75, 3.05) is 10.6 Å². The number of furan rings is 1. The van der Waals surface area contributed by atoms with Crippen LogP contribution in [0.15, 0.2) is 50.9 Å². The van der Waals surface area contributed by atoms with Crippen molar-refractivity contribution < 1.29 is 22.4 Å². The predicted molar refractivity (Wildman–Crippen MR) is 91.2 cm³/mol. The van der Waals surface area contributed by atoms with Gasteiger partial charge in [0.2, 0.25) is 5.95 Å². The van der Waals surface area contributed by atoms with Crippen LogP contribution in [0.1, 0.15) is 11.3 Å². The van der Waals surface area contributed by atoms with Crippen LogP contribution in [0.3, 0.4) is 0 Å². The Kier molecular flexibility index (Phi) is 4.03. The number of halogens is 3. The lowest BCUT2D eigenvalue weighted by Gasteiger charge is -2.29. The molecule has 3 N–H and O–H groups in total. The zero-order valence-corrected chi connectivity index (χ0v) is 14.3. The lowest BCUT2D eigenvalue weighted by Crippen LogP contribution is -2.56. The lowest BCUT2D eigenvalue weighted by atomic mass is 9.92. The Morgan fingerprint density at radius 1 is 1.17 bits per heavy atom. The van der Waals surface area contributed by atoms with Gasteiger partial charge in [-0.15, -0.1) is 0 Å². The van der Waals surface area contributed by atoms with Crippen LogP contribution in [-0.2, 0) is 16.9 Å². The highest BCUT2D eigenvalue weighted by Gasteiger charge is 2.68. The third kappa shape index (κ3) is 2.78. The van der Waals surface area contributed by atoms with Crippen molar-refractivity contribution in [1.82, 2.24) is 19.5 Å². The van der Waals surface area contributed by atoms with Crippen LogP contribution in [0.4, 0.5) is 24.9 Å². The van der Waals surface area contributed by atoms with E-state index < -0.39 is 46.2 Å². The number of fused-ring (bicyclic) bond motifs is 1. The molecular formula is C16H11F3N6O4. The van der Waals surface area contributed by atoms with E-state index in [-0.39, 0.29) is 12.3 Å². The molecule has 1 aliphatic heterocycles. The lowest BCUT2D eigenvalue weighted by molar-refractivity contribution is -0.184. The summed E-state index contributed by atoms with van der Waals surface area (Å²) in [5.74, 6) is -2.51. The molecule has 0 saturated carbocycles. The Morgan fingerprint density at radius 3 is 2.52 bits per heavy atom. The summed E-state index contributed by atoms with van der Waals surface area (Å²) < 4.78 is 48.4. The second-order valence-corrected chi connectivity index (χ2v) is 6.05. The molecule has 1 aliphatic rings. The van der Waals surface area contributed by atoms with Crippen LogP contribution in [0.2, 0.25) is 0 Å². The first kappa shape index (κ1) is 18.5.